The van der Waals surface area contributed by atoms with Crippen LogP contribution in [0.4, 0.5) is 4.39 Å². The molecule has 0 saturated heterocycles. The summed E-state index contributed by atoms with van der Waals surface area (Å²) < 4.78 is 14.0. The number of benzene rings is 2. The lowest BCUT2D eigenvalue weighted by molar-refractivity contribution is -0.120. The maximum atomic E-state index is 12.9. The van der Waals surface area contributed by atoms with Crippen LogP contribution in [-0.2, 0) is 18.3 Å². The zero-order valence-corrected chi connectivity index (χ0v) is 15.2. The van der Waals surface area contributed by atoms with Crippen LogP contribution in [0.5, 0.6) is 0 Å². The number of aryl methyl sites for hydroxylation is 1. The van der Waals surface area contributed by atoms with Gasteiger partial charge in [-0.25, -0.2) is 9.07 Å². The van der Waals surface area contributed by atoms with E-state index in [9.17, 15) is 18.8 Å². The van der Waals surface area contributed by atoms with E-state index in [1.54, 1.807) is 36.4 Å². The summed E-state index contributed by atoms with van der Waals surface area (Å²) in [5, 5.41) is 10.3. The third-order valence-electron chi connectivity index (χ3n) is 4.18. The van der Waals surface area contributed by atoms with Crippen LogP contribution in [0.1, 0.15) is 16.1 Å². The van der Waals surface area contributed by atoms with Gasteiger partial charge in [-0.2, -0.15) is 5.10 Å². The van der Waals surface area contributed by atoms with Crippen molar-refractivity contribution in [2.24, 2.45) is 7.05 Å². The van der Waals surface area contributed by atoms with Crippen molar-refractivity contribution in [2.45, 2.75) is 6.42 Å². The lowest BCUT2D eigenvalue weighted by atomic mass is 10.1. The number of nitrogens with zero attached hydrogens (tertiary/aromatic N) is 2. The Kier molecular flexibility index (Phi) is 5.78. The molecule has 2 amide bonds. The molecule has 1 heterocycles. The fraction of sp³-hybridized carbons (Fsp3) is 0.200. The minimum atomic E-state index is -0.431. The van der Waals surface area contributed by atoms with Crippen LogP contribution in [-0.4, -0.2) is 34.7 Å². The SMILES string of the molecule is Cn1nc(C(=O)NCCNC(=O)Cc2ccc(F)cc2)c2ccccc2c1=O. The van der Waals surface area contributed by atoms with Crippen molar-refractivity contribution in [3.63, 3.8) is 0 Å². The molecule has 1 aromatic heterocycles. The summed E-state index contributed by atoms with van der Waals surface area (Å²) in [6.45, 7) is 0.433. The maximum absolute atomic E-state index is 12.9. The van der Waals surface area contributed by atoms with Crippen molar-refractivity contribution in [1.82, 2.24) is 20.4 Å². The smallest absolute Gasteiger partial charge is 0.274 e. The average Bonchev–Trinajstić information content (AvgIpc) is 2.69. The van der Waals surface area contributed by atoms with Crippen LogP contribution in [0.2, 0.25) is 0 Å². The van der Waals surface area contributed by atoms with Gasteiger partial charge >= 0.3 is 0 Å². The van der Waals surface area contributed by atoms with Crippen molar-refractivity contribution >= 4 is 22.6 Å². The number of hydrogen-bond acceptors (Lipinski definition) is 4. The summed E-state index contributed by atoms with van der Waals surface area (Å²) in [6, 6.07) is 12.5. The minimum Gasteiger partial charge on any atom is -0.354 e. The Morgan fingerprint density at radius 3 is 2.36 bits per heavy atom. The normalized spacial score (nSPS) is 10.6. The molecule has 2 aromatic carbocycles. The molecule has 0 aliphatic heterocycles. The number of rotatable bonds is 6. The lowest BCUT2D eigenvalue weighted by Crippen LogP contribution is -2.36. The van der Waals surface area contributed by atoms with Gasteiger partial charge in [-0.1, -0.05) is 30.3 Å². The van der Waals surface area contributed by atoms with E-state index in [2.05, 4.69) is 15.7 Å². The number of carbonyl (C=O) groups is 2. The summed E-state index contributed by atoms with van der Waals surface area (Å²) >= 11 is 0. The first-order valence-corrected chi connectivity index (χ1v) is 8.71. The lowest BCUT2D eigenvalue weighted by Gasteiger charge is -2.09. The number of fused-ring (bicyclic) bond motifs is 1. The Morgan fingerprint density at radius 1 is 1.00 bits per heavy atom. The molecule has 0 aliphatic carbocycles. The van der Waals surface area contributed by atoms with Crippen LogP contribution in [0.3, 0.4) is 0 Å². The van der Waals surface area contributed by atoms with Crippen LogP contribution in [0.25, 0.3) is 10.8 Å². The molecule has 7 nitrogen and oxygen atoms in total. The van der Waals surface area contributed by atoms with Crippen LogP contribution in [0, 0.1) is 5.82 Å². The van der Waals surface area contributed by atoms with Crippen molar-refractivity contribution in [3.8, 4) is 0 Å². The molecule has 28 heavy (non-hydrogen) atoms. The quantitative estimate of drug-likeness (QED) is 0.626. The molecular formula is C20H19FN4O3. The minimum absolute atomic E-state index is 0.126. The average molecular weight is 382 g/mol. The predicted octanol–water partition coefficient (Wildman–Crippen LogP) is 1.16. The van der Waals surface area contributed by atoms with Gasteiger partial charge in [0.05, 0.1) is 11.8 Å². The van der Waals surface area contributed by atoms with Crippen molar-refractivity contribution in [3.05, 3.63) is 76.0 Å². The molecule has 2 N–H and O–H groups in total. The van der Waals surface area contributed by atoms with Crippen molar-refractivity contribution in [2.75, 3.05) is 13.1 Å². The van der Waals surface area contributed by atoms with Crippen LogP contribution < -0.4 is 16.2 Å². The molecule has 0 atom stereocenters. The first-order valence-electron chi connectivity index (χ1n) is 8.71. The van der Waals surface area contributed by atoms with E-state index in [1.165, 1.54) is 19.2 Å². The largest absolute Gasteiger partial charge is 0.354 e. The van der Waals surface area contributed by atoms with E-state index in [4.69, 9.17) is 0 Å². The highest BCUT2D eigenvalue weighted by atomic mass is 19.1. The summed E-state index contributed by atoms with van der Waals surface area (Å²) in [5.74, 6) is -1.02. The molecule has 0 aliphatic rings. The van der Waals surface area contributed by atoms with E-state index < -0.39 is 5.91 Å². The summed E-state index contributed by atoms with van der Waals surface area (Å²) in [7, 11) is 1.49. The Labute approximate surface area is 160 Å². The Bertz CT molecular complexity index is 1080. The first kappa shape index (κ1) is 19.2. The first-order chi connectivity index (χ1) is 13.5. The molecule has 3 rings (SSSR count). The summed E-state index contributed by atoms with van der Waals surface area (Å²) in [4.78, 5) is 36.5. The van der Waals surface area contributed by atoms with Crippen molar-refractivity contribution in [1.29, 1.82) is 0 Å². The maximum Gasteiger partial charge on any atom is 0.274 e. The second-order valence-electron chi connectivity index (χ2n) is 6.23. The molecule has 3 aromatic rings. The Hall–Kier alpha value is -3.55. The van der Waals surface area contributed by atoms with E-state index in [0.29, 0.717) is 16.3 Å². The molecule has 0 bridgehead atoms. The molecule has 144 valence electrons. The number of nitrogens with one attached hydrogen (secondary N) is 2. The van der Waals surface area contributed by atoms with Gasteiger partial charge in [-0.3, -0.25) is 14.4 Å². The zero-order chi connectivity index (χ0) is 20.1. The van der Waals surface area contributed by atoms with Crippen LogP contribution in [0.15, 0.2) is 53.3 Å². The topological polar surface area (TPSA) is 93.1 Å². The van der Waals surface area contributed by atoms with E-state index in [0.717, 1.165) is 4.68 Å². The molecule has 8 heteroatoms. The third kappa shape index (κ3) is 4.40. The molecule has 0 unspecified atom stereocenters. The molecule has 0 radical (unpaired) electrons. The van der Waals surface area contributed by atoms with Gasteiger partial charge in [0.25, 0.3) is 11.5 Å². The van der Waals surface area contributed by atoms with Gasteiger partial charge in [-0.15, -0.1) is 0 Å². The van der Waals surface area contributed by atoms with Gasteiger partial charge < -0.3 is 10.6 Å². The highest BCUT2D eigenvalue weighted by Crippen LogP contribution is 2.12. The predicted molar refractivity (Wildman–Crippen MR) is 102 cm³/mol. The van der Waals surface area contributed by atoms with Gasteiger partial charge in [0.15, 0.2) is 5.69 Å². The number of carbonyl (C=O) groups excluding carboxylic acids is 2. The third-order valence-corrected chi connectivity index (χ3v) is 4.18. The standard InChI is InChI=1S/C20H19FN4O3/c1-25-20(28)16-5-3-2-4-15(16)18(24-25)19(27)23-11-10-22-17(26)12-13-6-8-14(21)9-7-13/h2-9H,10-12H2,1H3,(H,22,26)(H,23,27). The highest BCUT2D eigenvalue weighted by Gasteiger charge is 2.15. The fourth-order valence-electron chi connectivity index (χ4n) is 2.78. The molecule has 0 spiro atoms. The molecule has 0 fully saturated rings. The fourth-order valence-corrected chi connectivity index (χ4v) is 2.78. The van der Waals surface area contributed by atoms with E-state index in [1.807, 2.05) is 0 Å². The summed E-state index contributed by atoms with van der Waals surface area (Å²) in [5.41, 5.74) is 0.569. The van der Waals surface area contributed by atoms with E-state index in [-0.39, 0.29) is 42.5 Å². The number of halogens is 1. The Morgan fingerprint density at radius 2 is 1.64 bits per heavy atom. The summed E-state index contributed by atoms with van der Waals surface area (Å²) in [6.07, 6.45) is 0.126. The number of amides is 2. The number of hydrogen-bond donors (Lipinski definition) is 2. The molecular weight excluding hydrogens is 363 g/mol. The van der Waals surface area contributed by atoms with Gasteiger partial charge in [-0.05, 0) is 23.8 Å². The second kappa shape index (κ2) is 8.43. The Balaban J connectivity index is 1.56. The monoisotopic (exact) mass is 382 g/mol. The van der Waals surface area contributed by atoms with Crippen molar-refractivity contribution < 1.29 is 14.0 Å². The van der Waals surface area contributed by atoms with Gasteiger partial charge in [0.2, 0.25) is 5.91 Å². The van der Waals surface area contributed by atoms with E-state index >= 15 is 0 Å². The van der Waals surface area contributed by atoms with Gasteiger partial charge in [0, 0.05) is 25.5 Å². The number of aromatic nitrogens is 2. The second-order valence-corrected chi connectivity index (χ2v) is 6.23. The highest BCUT2D eigenvalue weighted by molar-refractivity contribution is 6.04. The molecule has 0 saturated carbocycles. The zero-order valence-electron chi connectivity index (χ0n) is 15.2. The van der Waals surface area contributed by atoms with Gasteiger partial charge in [0.1, 0.15) is 5.82 Å². The van der Waals surface area contributed by atoms with Crippen LogP contribution >= 0.6 is 0 Å².